The van der Waals surface area contributed by atoms with Gasteiger partial charge in [0.1, 0.15) is 11.5 Å². The zero-order valence-electron chi connectivity index (χ0n) is 35.8. The molecule has 0 aliphatic rings. The molecule has 0 saturated heterocycles. The minimum atomic E-state index is -0.178. The normalized spacial score (nSPS) is 12.5. The smallest absolute Gasteiger partial charge is 0.258 e. The summed E-state index contributed by atoms with van der Waals surface area (Å²) in [5.74, 6) is 1.09. The van der Waals surface area contributed by atoms with Crippen LogP contribution in [0.4, 0.5) is 5.69 Å². The van der Waals surface area contributed by atoms with Crippen molar-refractivity contribution in [3.63, 3.8) is 0 Å². The summed E-state index contributed by atoms with van der Waals surface area (Å²) in [6.07, 6.45) is 7.47. The Morgan fingerprint density at radius 2 is 1.55 bits per heavy atom. The second-order valence-corrected chi connectivity index (χ2v) is 14.5. The highest BCUT2D eigenvalue weighted by molar-refractivity contribution is 6.12. The number of ether oxygens (including phenoxy) is 4. The van der Waals surface area contributed by atoms with E-state index >= 15 is 0 Å². The van der Waals surface area contributed by atoms with Crippen molar-refractivity contribution in [1.29, 1.82) is 0 Å². The van der Waals surface area contributed by atoms with Crippen LogP contribution in [0.15, 0.2) is 52.6 Å². The molecule has 1 heterocycles. The van der Waals surface area contributed by atoms with E-state index in [1.165, 1.54) is 6.92 Å². The number of pyridine rings is 1. The number of nitrogens with one attached hydrogen (secondary N) is 1. The molecule has 2 aromatic carbocycles. The fraction of sp³-hybridized carbons (Fsp3) is 0.489. The van der Waals surface area contributed by atoms with Gasteiger partial charge in [-0.2, -0.15) is 0 Å². The maximum absolute atomic E-state index is 13.7. The quantitative estimate of drug-likeness (QED) is 0.0757. The highest BCUT2D eigenvalue weighted by Gasteiger charge is 2.23. The number of aryl methyl sites for hydroxylation is 1. The maximum atomic E-state index is 13.7. The predicted octanol–water partition coefficient (Wildman–Crippen LogP) is 7.81. The minimum Gasteiger partial charge on any atom is -0.496 e. The molecule has 0 saturated carbocycles. The van der Waals surface area contributed by atoms with Gasteiger partial charge in [0.2, 0.25) is 0 Å². The zero-order chi connectivity index (χ0) is 41.5. The third-order valence-electron chi connectivity index (χ3n) is 10.0. The summed E-state index contributed by atoms with van der Waals surface area (Å²) >= 11 is 0. The van der Waals surface area contributed by atoms with Gasteiger partial charge in [0.05, 0.1) is 51.8 Å². The average Bonchev–Trinajstić information content (AvgIpc) is 3.18. The van der Waals surface area contributed by atoms with Gasteiger partial charge in [-0.15, -0.1) is 0 Å². The lowest BCUT2D eigenvalue weighted by molar-refractivity contribution is 0.0468. The highest BCUT2D eigenvalue weighted by atomic mass is 16.5. The van der Waals surface area contributed by atoms with E-state index < -0.39 is 0 Å². The molecule has 0 aliphatic carbocycles. The first kappa shape index (κ1) is 45.7. The van der Waals surface area contributed by atoms with Crippen LogP contribution in [0.2, 0.25) is 0 Å². The van der Waals surface area contributed by atoms with E-state index in [1.54, 1.807) is 38.0 Å². The summed E-state index contributed by atoms with van der Waals surface area (Å²) in [6.45, 7) is 15.0. The summed E-state index contributed by atoms with van der Waals surface area (Å²) in [5.41, 5.74) is 7.70. The molecule has 11 nitrogen and oxygen atoms in total. The number of anilines is 1. The molecule has 306 valence electrons. The van der Waals surface area contributed by atoms with Crippen molar-refractivity contribution in [2.75, 3.05) is 80.2 Å². The second kappa shape index (κ2) is 22.1. The van der Waals surface area contributed by atoms with Crippen LogP contribution >= 0.6 is 0 Å². The molecular formula is C45H64N4O7. The van der Waals surface area contributed by atoms with E-state index in [0.29, 0.717) is 86.4 Å². The van der Waals surface area contributed by atoms with Crippen molar-refractivity contribution in [3.8, 4) is 22.6 Å². The first-order valence-electron chi connectivity index (χ1n) is 19.5. The van der Waals surface area contributed by atoms with Gasteiger partial charge < -0.3 is 38.6 Å². The lowest BCUT2D eigenvalue weighted by atomic mass is 9.91. The van der Waals surface area contributed by atoms with Crippen molar-refractivity contribution in [1.82, 2.24) is 14.4 Å². The molecule has 1 atom stereocenters. The molecule has 0 fully saturated rings. The second-order valence-electron chi connectivity index (χ2n) is 14.5. The van der Waals surface area contributed by atoms with Crippen molar-refractivity contribution in [3.05, 3.63) is 86.0 Å². The van der Waals surface area contributed by atoms with E-state index in [-0.39, 0.29) is 23.0 Å². The molecule has 3 aromatic rings. The van der Waals surface area contributed by atoms with Crippen LogP contribution in [0.3, 0.4) is 0 Å². The van der Waals surface area contributed by atoms with E-state index in [1.807, 2.05) is 79.3 Å². The molecule has 11 heteroatoms. The topological polar surface area (TPSA) is 112 Å². The number of carbonyl (C=O) groups is 2. The van der Waals surface area contributed by atoms with Crippen LogP contribution in [-0.4, -0.2) is 101 Å². The molecule has 0 bridgehead atoms. The number of hydrogen-bond donors (Lipinski definition) is 1. The molecule has 3 rings (SSSR count). The van der Waals surface area contributed by atoms with Crippen LogP contribution < -0.4 is 20.3 Å². The molecule has 0 spiro atoms. The predicted molar refractivity (Wildman–Crippen MR) is 228 cm³/mol. The average molecular weight is 773 g/mol. The number of hydrogen-bond acceptors (Lipinski definition) is 10. The SMILES string of the molecule is CC/C(C)=C/c1c(/C=C(\C)N(C)CCOCCOCCNc2cccc(C(C)=O)c2C(=O)C(C)CC)c(-c2cc(OC)c(CN(C)C)c(OC)c2)cn(C)c1=O. The largest absolute Gasteiger partial charge is 0.496 e. The molecular weight excluding hydrogens is 709 g/mol. The van der Waals surface area contributed by atoms with Crippen LogP contribution in [0.1, 0.15) is 91.8 Å². The molecule has 1 N–H and O–H groups in total. The maximum Gasteiger partial charge on any atom is 0.258 e. The fourth-order valence-electron chi connectivity index (χ4n) is 6.22. The first-order valence-corrected chi connectivity index (χ1v) is 19.5. The molecule has 0 radical (unpaired) electrons. The fourth-order valence-corrected chi connectivity index (χ4v) is 6.22. The number of aromatic nitrogens is 1. The van der Waals surface area contributed by atoms with Gasteiger partial charge in [0, 0.05) is 73.9 Å². The number of Topliss-reactive ketones (excluding diaryl/α,β-unsaturated/α-hetero) is 2. The van der Waals surface area contributed by atoms with Crippen molar-refractivity contribution in [2.45, 2.75) is 60.9 Å². The number of allylic oxidation sites excluding steroid dienone is 2. The molecule has 0 aliphatic heterocycles. The number of ketones is 2. The van der Waals surface area contributed by atoms with E-state index in [0.717, 1.165) is 39.9 Å². The van der Waals surface area contributed by atoms with Gasteiger partial charge in [-0.1, -0.05) is 38.5 Å². The third kappa shape index (κ3) is 12.1. The molecule has 1 aromatic heterocycles. The number of carbonyl (C=O) groups excluding carboxylic acids is 2. The Kier molecular flexibility index (Phi) is 18.1. The van der Waals surface area contributed by atoms with Gasteiger partial charge in [-0.05, 0) is 89.2 Å². The van der Waals surface area contributed by atoms with Crippen LogP contribution in [0, 0.1) is 5.92 Å². The number of rotatable bonds is 23. The summed E-state index contributed by atoms with van der Waals surface area (Å²) in [4.78, 5) is 43.2. The lowest BCUT2D eigenvalue weighted by Crippen LogP contribution is -2.23. The first-order chi connectivity index (χ1) is 26.7. The minimum absolute atomic E-state index is 0.0331. The zero-order valence-corrected chi connectivity index (χ0v) is 35.8. The highest BCUT2D eigenvalue weighted by Crippen LogP contribution is 2.38. The Balaban J connectivity index is 1.71. The van der Waals surface area contributed by atoms with Gasteiger partial charge >= 0.3 is 0 Å². The third-order valence-corrected chi connectivity index (χ3v) is 10.0. The standard InChI is InChI=1S/C45H64N4O7/c1-13-30(3)24-37-36(38(29-49(10)45(37)52)34-26-41(53-11)39(28-47(7)8)42(27-34)54-12)25-32(5)48(9)19-21-56-23-22-55-20-18-46-40-17-15-16-35(33(6)50)43(40)44(51)31(4)14-2/h15-17,24-27,29,31,46H,13-14,18-23,28H2,1-12H3/b30-24+,32-25+. The van der Waals surface area contributed by atoms with Crippen LogP contribution in [0.5, 0.6) is 11.5 Å². The van der Waals surface area contributed by atoms with Crippen molar-refractivity contribution >= 4 is 29.4 Å². The summed E-state index contributed by atoms with van der Waals surface area (Å²) in [7, 11) is 11.1. The molecule has 0 amide bonds. The van der Waals surface area contributed by atoms with Crippen molar-refractivity contribution < 1.29 is 28.5 Å². The van der Waals surface area contributed by atoms with E-state index in [9.17, 15) is 14.4 Å². The Labute approximate surface area is 334 Å². The van der Waals surface area contributed by atoms with Crippen LogP contribution in [-0.2, 0) is 23.1 Å². The van der Waals surface area contributed by atoms with E-state index in [4.69, 9.17) is 18.9 Å². The van der Waals surface area contributed by atoms with Gasteiger partial charge in [0.25, 0.3) is 5.56 Å². The number of nitrogens with zero attached hydrogens (tertiary/aromatic N) is 3. The number of likely N-dealkylation sites (N-methyl/N-ethyl adjacent to an activating group) is 1. The Hall–Kier alpha value is -4.71. The summed E-state index contributed by atoms with van der Waals surface area (Å²) in [5, 5.41) is 3.29. The van der Waals surface area contributed by atoms with Crippen molar-refractivity contribution in [2.24, 2.45) is 13.0 Å². The monoisotopic (exact) mass is 772 g/mol. The number of benzene rings is 2. The molecule has 56 heavy (non-hydrogen) atoms. The lowest BCUT2D eigenvalue weighted by Gasteiger charge is -2.22. The van der Waals surface area contributed by atoms with Gasteiger partial charge in [-0.3, -0.25) is 14.4 Å². The van der Waals surface area contributed by atoms with Gasteiger partial charge in [-0.25, -0.2) is 0 Å². The molecule has 1 unspecified atom stereocenters. The summed E-state index contributed by atoms with van der Waals surface area (Å²) in [6, 6.07) is 9.36. The Morgan fingerprint density at radius 3 is 2.12 bits per heavy atom. The van der Waals surface area contributed by atoms with Crippen LogP contribution in [0.25, 0.3) is 23.3 Å². The van der Waals surface area contributed by atoms with Gasteiger partial charge in [0.15, 0.2) is 11.6 Å². The Bertz CT molecular complexity index is 1900. The summed E-state index contributed by atoms with van der Waals surface area (Å²) < 4.78 is 25.1. The number of methoxy groups -OCH3 is 2. The Morgan fingerprint density at radius 1 is 0.911 bits per heavy atom. The van der Waals surface area contributed by atoms with E-state index in [2.05, 4.69) is 28.1 Å².